The van der Waals surface area contributed by atoms with Crippen molar-refractivity contribution in [2.45, 2.75) is 110 Å². The highest BCUT2D eigenvalue weighted by atomic mass is 28.4. The Bertz CT molecular complexity index is 437. The molecule has 0 bridgehead atoms. The van der Waals surface area contributed by atoms with Crippen LogP contribution in [-0.4, -0.2) is 49.8 Å². The SMILES string of the molecule is CC(C)OC(=O)[C@@H](O)[C@H](O[Si](C(C)C)(C(C)C)C(C)C)C(=O)OC(C)C. The molecule has 154 valence electrons. The molecule has 0 aromatic heterocycles. The fraction of sp³-hybridized carbons (Fsp3) is 0.895. The summed E-state index contributed by atoms with van der Waals surface area (Å²) >= 11 is 0. The summed E-state index contributed by atoms with van der Waals surface area (Å²) in [4.78, 5) is 24.9. The summed E-state index contributed by atoms with van der Waals surface area (Å²) in [5.41, 5.74) is 0.556. The Kier molecular flexibility index (Phi) is 10.1. The molecule has 7 heteroatoms. The molecule has 0 saturated carbocycles. The summed E-state index contributed by atoms with van der Waals surface area (Å²) in [6, 6.07) is 0. The molecular formula is C19H38O6Si. The van der Waals surface area contributed by atoms with Crippen molar-refractivity contribution in [1.82, 2.24) is 0 Å². The summed E-state index contributed by atoms with van der Waals surface area (Å²) in [5.74, 6) is -1.60. The minimum absolute atomic E-state index is 0.185. The van der Waals surface area contributed by atoms with E-state index in [1.807, 2.05) is 0 Å². The topological polar surface area (TPSA) is 82.1 Å². The van der Waals surface area contributed by atoms with Crippen molar-refractivity contribution >= 4 is 20.3 Å². The van der Waals surface area contributed by atoms with E-state index in [-0.39, 0.29) is 22.7 Å². The summed E-state index contributed by atoms with van der Waals surface area (Å²) in [6.45, 7) is 19.2. The van der Waals surface area contributed by atoms with Crippen LogP contribution in [0.1, 0.15) is 69.2 Å². The Labute approximate surface area is 159 Å². The lowest BCUT2D eigenvalue weighted by atomic mass is 10.2. The van der Waals surface area contributed by atoms with E-state index in [2.05, 4.69) is 41.5 Å². The van der Waals surface area contributed by atoms with E-state index >= 15 is 0 Å². The van der Waals surface area contributed by atoms with Gasteiger partial charge in [-0.1, -0.05) is 41.5 Å². The third-order valence-electron chi connectivity index (χ3n) is 4.50. The predicted molar refractivity (Wildman–Crippen MR) is 104 cm³/mol. The second-order valence-electron chi connectivity index (χ2n) is 8.27. The van der Waals surface area contributed by atoms with Crippen molar-refractivity contribution < 1.29 is 28.6 Å². The van der Waals surface area contributed by atoms with Gasteiger partial charge in [0.1, 0.15) is 0 Å². The molecule has 0 amide bonds. The standard InChI is InChI=1S/C19H38O6Si/c1-11(2)23-18(21)16(20)17(19(22)24-12(3)4)25-26(13(5)6,14(7)8)15(9)10/h11-17,20H,1-10H3/t16-,17-/m0/s1. The van der Waals surface area contributed by atoms with Crippen LogP contribution in [0.15, 0.2) is 0 Å². The van der Waals surface area contributed by atoms with Crippen LogP contribution in [0.3, 0.4) is 0 Å². The molecule has 0 spiro atoms. The van der Waals surface area contributed by atoms with Gasteiger partial charge >= 0.3 is 11.9 Å². The van der Waals surface area contributed by atoms with Gasteiger partial charge in [-0.05, 0) is 44.3 Å². The quantitative estimate of drug-likeness (QED) is 0.451. The Morgan fingerprint density at radius 3 is 1.35 bits per heavy atom. The highest BCUT2D eigenvalue weighted by molar-refractivity contribution is 6.77. The fourth-order valence-electron chi connectivity index (χ4n) is 3.59. The molecule has 0 aliphatic carbocycles. The minimum Gasteiger partial charge on any atom is -0.461 e. The van der Waals surface area contributed by atoms with Gasteiger partial charge < -0.3 is 19.0 Å². The second-order valence-corrected chi connectivity index (χ2v) is 13.7. The van der Waals surface area contributed by atoms with Gasteiger partial charge in [-0.15, -0.1) is 0 Å². The van der Waals surface area contributed by atoms with E-state index in [0.717, 1.165) is 0 Å². The zero-order valence-corrected chi connectivity index (χ0v) is 19.0. The first kappa shape index (κ1) is 25.1. The fourth-order valence-corrected chi connectivity index (χ4v) is 9.08. The number of hydrogen-bond donors (Lipinski definition) is 1. The minimum atomic E-state index is -2.52. The maximum absolute atomic E-state index is 12.6. The van der Waals surface area contributed by atoms with Crippen molar-refractivity contribution in [1.29, 1.82) is 0 Å². The van der Waals surface area contributed by atoms with Crippen LogP contribution in [0.25, 0.3) is 0 Å². The van der Waals surface area contributed by atoms with E-state index in [1.54, 1.807) is 27.7 Å². The maximum atomic E-state index is 12.6. The van der Waals surface area contributed by atoms with Gasteiger partial charge in [0.15, 0.2) is 12.2 Å². The van der Waals surface area contributed by atoms with Crippen LogP contribution >= 0.6 is 0 Å². The lowest BCUT2D eigenvalue weighted by molar-refractivity contribution is -0.176. The van der Waals surface area contributed by atoms with Crippen LogP contribution in [-0.2, 0) is 23.5 Å². The van der Waals surface area contributed by atoms with Gasteiger partial charge in [-0.25, -0.2) is 9.59 Å². The van der Waals surface area contributed by atoms with Crippen molar-refractivity contribution in [2.24, 2.45) is 0 Å². The first-order valence-electron chi connectivity index (χ1n) is 9.54. The molecule has 0 fully saturated rings. The monoisotopic (exact) mass is 390 g/mol. The average Bonchev–Trinajstić information content (AvgIpc) is 2.44. The summed E-state index contributed by atoms with van der Waals surface area (Å²) in [5, 5.41) is 10.5. The highest BCUT2D eigenvalue weighted by Gasteiger charge is 2.50. The van der Waals surface area contributed by atoms with Crippen LogP contribution in [0.2, 0.25) is 16.6 Å². The first-order chi connectivity index (χ1) is 11.8. The summed E-state index contributed by atoms with van der Waals surface area (Å²) in [7, 11) is -2.52. The number of aliphatic hydroxyl groups is 1. The Morgan fingerprint density at radius 2 is 1.04 bits per heavy atom. The van der Waals surface area contributed by atoms with E-state index in [0.29, 0.717) is 0 Å². The third kappa shape index (κ3) is 6.35. The molecule has 6 nitrogen and oxygen atoms in total. The van der Waals surface area contributed by atoms with Crippen molar-refractivity contribution in [3.05, 3.63) is 0 Å². The molecule has 0 aliphatic rings. The lowest BCUT2D eigenvalue weighted by Crippen LogP contribution is -2.56. The van der Waals surface area contributed by atoms with Gasteiger partial charge in [0.2, 0.25) is 8.32 Å². The Balaban J connectivity index is 5.91. The normalized spacial score (nSPS) is 15.1. The molecule has 2 atom stereocenters. The number of carbonyl (C=O) groups is 2. The van der Waals surface area contributed by atoms with E-state index in [4.69, 9.17) is 13.9 Å². The number of hydrogen-bond acceptors (Lipinski definition) is 6. The number of esters is 2. The number of rotatable bonds is 10. The number of carbonyl (C=O) groups excluding carboxylic acids is 2. The summed E-state index contributed by atoms with van der Waals surface area (Å²) < 4.78 is 16.7. The van der Waals surface area contributed by atoms with E-state index in [9.17, 15) is 14.7 Å². The van der Waals surface area contributed by atoms with Crippen LogP contribution in [0.4, 0.5) is 0 Å². The maximum Gasteiger partial charge on any atom is 0.338 e. The van der Waals surface area contributed by atoms with E-state index in [1.165, 1.54) is 0 Å². The zero-order chi connectivity index (χ0) is 20.8. The van der Waals surface area contributed by atoms with Gasteiger partial charge in [-0.3, -0.25) is 0 Å². The first-order valence-corrected chi connectivity index (χ1v) is 11.7. The summed E-state index contributed by atoms with van der Waals surface area (Å²) in [6.07, 6.45) is -3.88. The van der Waals surface area contributed by atoms with Gasteiger partial charge in [0.05, 0.1) is 12.2 Å². The molecule has 0 rings (SSSR count). The van der Waals surface area contributed by atoms with Crippen LogP contribution in [0.5, 0.6) is 0 Å². The van der Waals surface area contributed by atoms with Crippen LogP contribution in [0, 0.1) is 0 Å². The number of ether oxygens (including phenoxy) is 2. The molecule has 0 unspecified atom stereocenters. The zero-order valence-electron chi connectivity index (χ0n) is 18.0. The van der Waals surface area contributed by atoms with Crippen molar-refractivity contribution in [2.75, 3.05) is 0 Å². The molecule has 0 heterocycles. The molecule has 0 radical (unpaired) electrons. The molecule has 0 aliphatic heterocycles. The van der Waals surface area contributed by atoms with Gasteiger partial charge in [0.25, 0.3) is 0 Å². The number of aliphatic hydroxyl groups excluding tert-OH is 1. The molecule has 1 N–H and O–H groups in total. The van der Waals surface area contributed by atoms with E-state index < -0.39 is 38.6 Å². The lowest BCUT2D eigenvalue weighted by Gasteiger charge is -2.44. The average molecular weight is 391 g/mol. The largest absolute Gasteiger partial charge is 0.461 e. The Hall–Kier alpha value is -0.923. The molecule has 26 heavy (non-hydrogen) atoms. The van der Waals surface area contributed by atoms with Gasteiger partial charge in [-0.2, -0.15) is 0 Å². The third-order valence-corrected chi connectivity index (χ3v) is 10.6. The molecular weight excluding hydrogens is 352 g/mol. The molecule has 0 aromatic carbocycles. The predicted octanol–water partition coefficient (Wildman–Crippen LogP) is 3.81. The van der Waals surface area contributed by atoms with Crippen molar-refractivity contribution in [3.63, 3.8) is 0 Å². The smallest absolute Gasteiger partial charge is 0.338 e. The van der Waals surface area contributed by atoms with Gasteiger partial charge in [0, 0.05) is 0 Å². The molecule has 0 saturated heterocycles. The Morgan fingerprint density at radius 1 is 0.692 bits per heavy atom. The van der Waals surface area contributed by atoms with Crippen molar-refractivity contribution in [3.8, 4) is 0 Å². The second kappa shape index (κ2) is 10.4. The van der Waals surface area contributed by atoms with Crippen LogP contribution < -0.4 is 0 Å². The highest BCUT2D eigenvalue weighted by Crippen LogP contribution is 2.43. The molecule has 0 aromatic rings.